The second kappa shape index (κ2) is 6.90. The van der Waals surface area contributed by atoms with Gasteiger partial charge in [0.05, 0.1) is 5.69 Å². The molecule has 1 amide bonds. The first kappa shape index (κ1) is 16.9. The van der Waals surface area contributed by atoms with Crippen molar-refractivity contribution >= 4 is 23.5 Å². The van der Waals surface area contributed by atoms with E-state index in [2.05, 4.69) is 20.4 Å². The van der Waals surface area contributed by atoms with Gasteiger partial charge in [-0.1, -0.05) is 23.7 Å². The number of halogens is 1. The number of nitrogens with zero attached hydrogens (tertiary/aromatic N) is 4. The second-order valence-electron chi connectivity index (χ2n) is 5.57. The molecule has 0 bridgehead atoms. The van der Waals surface area contributed by atoms with Crippen LogP contribution in [0.4, 0.5) is 5.95 Å². The SMILES string of the molecule is CNC(=O)c1cccc(Cc2cn(C)nc2-c2cc(Cl)nc(N)n2)c1. The molecule has 0 saturated heterocycles. The Bertz CT molecular complexity index is 916. The van der Waals surface area contributed by atoms with E-state index in [-0.39, 0.29) is 17.0 Å². The summed E-state index contributed by atoms with van der Waals surface area (Å²) in [6.45, 7) is 0. The molecule has 0 saturated carbocycles. The molecule has 0 spiro atoms. The summed E-state index contributed by atoms with van der Waals surface area (Å²) in [5, 5.41) is 7.36. The van der Waals surface area contributed by atoms with E-state index in [4.69, 9.17) is 17.3 Å². The van der Waals surface area contributed by atoms with Crippen molar-refractivity contribution in [3.05, 3.63) is 58.4 Å². The molecule has 0 aliphatic rings. The summed E-state index contributed by atoms with van der Waals surface area (Å²) in [6.07, 6.45) is 2.50. The van der Waals surface area contributed by atoms with E-state index in [0.717, 1.165) is 11.1 Å². The van der Waals surface area contributed by atoms with Gasteiger partial charge < -0.3 is 11.1 Å². The van der Waals surface area contributed by atoms with Gasteiger partial charge in [0.1, 0.15) is 10.8 Å². The van der Waals surface area contributed by atoms with Crippen molar-refractivity contribution in [3.63, 3.8) is 0 Å². The lowest BCUT2D eigenvalue weighted by Crippen LogP contribution is -2.17. The lowest BCUT2D eigenvalue weighted by atomic mass is 10.0. The molecule has 0 atom stereocenters. The van der Waals surface area contributed by atoms with Gasteiger partial charge >= 0.3 is 0 Å². The molecule has 128 valence electrons. The first-order valence-corrected chi connectivity index (χ1v) is 7.98. The number of amides is 1. The molecule has 25 heavy (non-hydrogen) atoms. The van der Waals surface area contributed by atoms with Gasteiger partial charge in [-0.2, -0.15) is 5.10 Å². The van der Waals surface area contributed by atoms with Crippen LogP contribution >= 0.6 is 11.6 Å². The summed E-state index contributed by atoms with van der Waals surface area (Å²) in [5.74, 6) is -0.0238. The number of hydrogen-bond acceptors (Lipinski definition) is 5. The number of nitrogens with two attached hydrogens (primary N) is 1. The van der Waals surface area contributed by atoms with Crippen LogP contribution in [0.5, 0.6) is 0 Å². The van der Waals surface area contributed by atoms with Crippen LogP contribution in [0.2, 0.25) is 5.15 Å². The van der Waals surface area contributed by atoms with Gasteiger partial charge in [0.15, 0.2) is 0 Å². The van der Waals surface area contributed by atoms with Crippen molar-refractivity contribution in [2.45, 2.75) is 6.42 Å². The summed E-state index contributed by atoms with van der Waals surface area (Å²) < 4.78 is 1.71. The zero-order valence-electron chi connectivity index (χ0n) is 13.8. The Morgan fingerprint density at radius 2 is 2.12 bits per heavy atom. The minimum Gasteiger partial charge on any atom is -0.368 e. The Kier molecular flexibility index (Phi) is 4.67. The molecule has 1 aromatic carbocycles. The molecule has 3 aromatic rings. The van der Waals surface area contributed by atoms with E-state index in [1.54, 1.807) is 23.9 Å². The third kappa shape index (κ3) is 3.77. The molecule has 2 aromatic heterocycles. The van der Waals surface area contributed by atoms with Crippen molar-refractivity contribution < 1.29 is 4.79 Å². The van der Waals surface area contributed by atoms with E-state index in [0.29, 0.717) is 23.4 Å². The highest BCUT2D eigenvalue weighted by atomic mass is 35.5. The maximum absolute atomic E-state index is 11.8. The molecular formula is C17H17ClN6O. The summed E-state index contributed by atoms with van der Waals surface area (Å²) in [7, 11) is 3.44. The van der Waals surface area contributed by atoms with Crippen molar-refractivity contribution in [1.29, 1.82) is 0 Å². The molecule has 7 nitrogen and oxygen atoms in total. The molecule has 3 N–H and O–H groups in total. The Morgan fingerprint density at radius 1 is 1.32 bits per heavy atom. The maximum atomic E-state index is 11.8. The normalized spacial score (nSPS) is 10.7. The number of aromatic nitrogens is 4. The number of anilines is 1. The Labute approximate surface area is 149 Å². The molecule has 0 radical (unpaired) electrons. The molecule has 3 rings (SSSR count). The standard InChI is InChI=1S/C17H17ClN6O/c1-20-16(25)11-5-3-4-10(6-11)7-12-9-24(2)23-15(12)13-8-14(18)22-17(19)21-13/h3-6,8-9H,7H2,1-2H3,(H,20,25)(H2,19,21,22). The number of nitrogen functional groups attached to an aromatic ring is 1. The summed E-state index contributed by atoms with van der Waals surface area (Å²) >= 11 is 5.98. The lowest BCUT2D eigenvalue weighted by Gasteiger charge is -2.06. The van der Waals surface area contributed by atoms with E-state index in [9.17, 15) is 4.79 Å². The highest BCUT2D eigenvalue weighted by Crippen LogP contribution is 2.25. The van der Waals surface area contributed by atoms with Gasteiger partial charge in [-0.15, -0.1) is 0 Å². The number of benzene rings is 1. The molecular weight excluding hydrogens is 340 g/mol. The zero-order chi connectivity index (χ0) is 18.0. The topological polar surface area (TPSA) is 98.7 Å². The zero-order valence-corrected chi connectivity index (χ0v) is 14.6. The van der Waals surface area contributed by atoms with Crippen LogP contribution < -0.4 is 11.1 Å². The predicted octanol–water partition coefficient (Wildman–Crippen LogP) is 2.06. The van der Waals surface area contributed by atoms with Gasteiger partial charge in [-0.3, -0.25) is 9.48 Å². The fourth-order valence-corrected chi connectivity index (χ4v) is 2.82. The quantitative estimate of drug-likeness (QED) is 0.697. The third-order valence-corrected chi connectivity index (χ3v) is 3.86. The highest BCUT2D eigenvalue weighted by molar-refractivity contribution is 6.29. The predicted molar refractivity (Wildman–Crippen MR) is 96.3 cm³/mol. The fourth-order valence-electron chi connectivity index (χ4n) is 2.63. The molecule has 0 aliphatic heterocycles. The number of nitrogens with one attached hydrogen (secondary N) is 1. The first-order chi connectivity index (χ1) is 12.0. The van der Waals surface area contributed by atoms with Crippen molar-refractivity contribution in [1.82, 2.24) is 25.1 Å². The summed E-state index contributed by atoms with van der Waals surface area (Å²) in [6, 6.07) is 9.08. The van der Waals surface area contributed by atoms with E-state index < -0.39 is 0 Å². The Balaban J connectivity index is 1.98. The molecule has 0 fully saturated rings. The van der Waals surface area contributed by atoms with Crippen LogP contribution in [0.25, 0.3) is 11.4 Å². The number of carbonyl (C=O) groups is 1. The van der Waals surface area contributed by atoms with Gasteiger partial charge in [0.25, 0.3) is 5.91 Å². The molecule has 2 heterocycles. The average Bonchev–Trinajstić information content (AvgIpc) is 2.94. The Hall–Kier alpha value is -2.93. The number of carbonyl (C=O) groups excluding carboxylic acids is 1. The maximum Gasteiger partial charge on any atom is 0.251 e. The highest BCUT2D eigenvalue weighted by Gasteiger charge is 2.14. The van der Waals surface area contributed by atoms with E-state index in [1.165, 1.54) is 0 Å². The van der Waals surface area contributed by atoms with Crippen molar-refractivity contribution in [2.75, 3.05) is 12.8 Å². The van der Waals surface area contributed by atoms with Gasteiger partial charge in [-0.25, -0.2) is 9.97 Å². The molecule has 0 unspecified atom stereocenters. The van der Waals surface area contributed by atoms with Gasteiger partial charge in [0.2, 0.25) is 5.95 Å². The second-order valence-corrected chi connectivity index (χ2v) is 5.95. The van der Waals surface area contributed by atoms with Crippen LogP contribution in [0, 0.1) is 0 Å². The number of aryl methyl sites for hydroxylation is 1. The van der Waals surface area contributed by atoms with E-state index >= 15 is 0 Å². The van der Waals surface area contributed by atoms with Crippen molar-refractivity contribution in [3.8, 4) is 11.4 Å². The van der Waals surface area contributed by atoms with Crippen LogP contribution in [-0.2, 0) is 13.5 Å². The van der Waals surface area contributed by atoms with Gasteiger partial charge in [0, 0.05) is 43.9 Å². The smallest absolute Gasteiger partial charge is 0.251 e. The van der Waals surface area contributed by atoms with Crippen molar-refractivity contribution in [2.24, 2.45) is 7.05 Å². The summed E-state index contributed by atoms with van der Waals surface area (Å²) in [4.78, 5) is 19.9. The monoisotopic (exact) mass is 356 g/mol. The lowest BCUT2D eigenvalue weighted by molar-refractivity contribution is 0.0963. The van der Waals surface area contributed by atoms with Crippen LogP contribution in [-0.4, -0.2) is 32.7 Å². The van der Waals surface area contributed by atoms with Crippen LogP contribution in [0.3, 0.4) is 0 Å². The molecule has 8 heteroatoms. The minimum absolute atomic E-state index is 0.0979. The minimum atomic E-state index is -0.122. The van der Waals surface area contributed by atoms with Crippen LogP contribution in [0.1, 0.15) is 21.5 Å². The van der Waals surface area contributed by atoms with Gasteiger partial charge in [-0.05, 0) is 17.7 Å². The fraction of sp³-hybridized carbons (Fsp3) is 0.176. The van der Waals surface area contributed by atoms with E-state index in [1.807, 2.05) is 31.4 Å². The Morgan fingerprint density at radius 3 is 2.84 bits per heavy atom. The molecule has 0 aliphatic carbocycles. The third-order valence-electron chi connectivity index (χ3n) is 3.67. The van der Waals surface area contributed by atoms with Crippen LogP contribution in [0.15, 0.2) is 36.5 Å². The summed E-state index contributed by atoms with van der Waals surface area (Å²) in [5.41, 5.74) is 9.49. The largest absolute Gasteiger partial charge is 0.368 e. The average molecular weight is 357 g/mol. The number of rotatable bonds is 4. The first-order valence-electron chi connectivity index (χ1n) is 7.60. The number of hydrogen-bond donors (Lipinski definition) is 2.